The van der Waals surface area contributed by atoms with Crippen molar-refractivity contribution < 1.29 is 9.53 Å². The highest BCUT2D eigenvalue weighted by Gasteiger charge is 2.23. The van der Waals surface area contributed by atoms with Crippen molar-refractivity contribution in [2.24, 2.45) is 5.92 Å². The Morgan fingerprint density at radius 1 is 1.38 bits per heavy atom. The molecule has 0 N–H and O–H groups in total. The van der Waals surface area contributed by atoms with Gasteiger partial charge in [0, 0.05) is 22.4 Å². The Kier molecular flexibility index (Phi) is 3.85. The van der Waals surface area contributed by atoms with E-state index in [4.69, 9.17) is 27.9 Å². The van der Waals surface area contributed by atoms with Crippen LogP contribution in [0.2, 0.25) is 10.0 Å². The molecule has 1 aromatic carbocycles. The van der Waals surface area contributed by atoms with Crippen LogP contribution in [0.5, 0.6) is 0 Å². The second kappa shape index (κ2) is 5.17. The SMILES string of the molecule is O=C1CCOC[C@@H]1Cc1ccc(Cl)cc1Cl. The molecule has 0 aliphatic carbocycles. The van der Waals surface area contributed by atoms with Crippen molar-refractivity contribution >= 4 is 29.0 Å². The predicted octanol–water partition coefficient (Wildman–Crippen LogP) is 3.14. The van der Waals surface area contributed by atoms with Crippen LogP contribution in [0, 0.1) is 5.92 Å². The molecule has 2 nitrogen and oxygen atoms in total. The summed E-state index contributed by atoms with van der Waals surface area (Å²) < 4.78 is 5.30. The van der Waals surface area contributed by atoms with Crippen LogP contribution in [-0.2, 0) is 16.0 Å². The van der Waals surface area contributed by atoms with Gasteiger partial charge in [-0.3, -0.25) is 4.79 Å². The van der Waals surface area contributed by atoms with Crippen LogP contribution in [0.3, 0.4) is 0 Å². The summed E-state index contributed by atoms with van der Waals surface area (Å²) in [5.74, 6) is 0.199. The van der Waals surface area contributed by atoms with Gasteiger partial charge in [0.25, 0.3) is 0 Å². The molecule has 1 aliphatic rings. The lowest BCUT2D eigenvalue weighted by molar-refractivity contribution is -0.130. The summed E-state index contributed by atoms with van der Waals surface area (Å²) in [6, 6.07) is 5.36. The Morgan fingerprint density at radius 3 is 2.88 bits per heavy atom. The normalized spacial score (nSPS) is 21.1. The van der Waals surface area contributed by atoms with E-state index in [1.165, 1.54) is 0 Å². The number of carbonyl (C=O) groups is 1. The van der Waals surface area contributed by atoms with Gasteiger partial charge in [0.05, 0.1) is 13.2 Å². The van der Waals surface area contributed by atoms with Gasteiger partial charge in [-0.2, -0.15) is 0 Å². The van der Waals surface area contributed by atoms with Crippen molar-refractivity contribution in [3.05, 3.63) is 33.8 Å². The molecule has 1 aromatic rings. The van der Waals surface area contributed by atoms with Gasteiger partial charge < -0.3 is 4.74 Å². The molecule has 1 fully saturated rings. The minimum atomic E-state index is -0.0626. The molecular weight excluding hydrogens is 247 g/mol. The summed E-state index contributed by atoms with van der Waals surface area (Å²) in [5.41, 5.74) is 0.954. The van der Waals surface area contributed by atoms with Crippen LogP contribution in [0.1, 0.15) is 12.0 Å². The van der Waals surface area contributed by atoms with Gasteiger partial charge in [-0.1, -0.05) is 29.3 Å². The van der Waals surface area contributed by atoms with Crippen molar-refractivity contribution in [1.29, 1.82) is 0 Å². The van der Waals surface area contributed by atoms with Gasteiger partial charge in [0.1, 0.15) is 5.78 Å². The van der Waals surface area contributed by atoms with E-state index >= 15 is 0 Å². The molecule has 0 amide bonds. The summed E-state index contributed by atoms with van der Waals surface area (Å²) in [6.45, 7) is 1.04. The Labute approximate surface area is 104 Å². The molecule has 0 bridgehead atoms. The highest BCUT2D eigenvalue weighted by Crippen LogP contribution is 2.25. The van der Waals surface area contributed by atoms with E-state index in [2.05, 4.69) is 0 Å². The van der Waals surface area contributed by atoms with Crippen molar-refractivity contribution in [2.45, 2.75) is 12.8 Å². The van der Waals surface area contributed by atoms with Gasteiger partial charge in [-0.05, 0) is 24.1 Å². The predicted molar refractivity (Wildman–Crippen MR) is 64.1 cm³/mol. The Bertz CT molecular complexity index is 404. The highest BCUT2D eigenvalue weighted by molar-refractivity contribution is 6.35. The standard InChI is InChI=1S/C12H12Cl2O2/c13-10-2-1-8(11(14)6-10)5-9-7-16-4-3-12(9)15/h1-2,6,9H,3-5,7H2/t9-/m0/s1. The van der Waals surface area contributed by atoms with Crippen molar-refractivity contribution in [3.63, 3.8) is 0 Å². The number of rotatable bonds is 2. The zero-order valence-electron chi connectivity index (χ0n) is 8.71. The smallest absolute Gasteiger partial charge is 0.140 e. The number of benzene rings is 1. The average Bonchev–Trinajstić information content (AvgIpc) is 2.25. The summed E-state index contributed by atoms with van der Waals surface area (Å²) in [4.78, 5) is 11.6. The molecule has 1 saturated heterocycles. The van der Waals surface area contributed by atoms with Crippen molar-refractivity contribution in [2.75, 3.05) is 13.2 Å². The number of ether oxygens (including phenoxy) is 1. The molecule has 0 saturated carbocycles. The molecule has 0 spiro atoms. The van der Waals surface area contributed by atoms with Crippen LogP contribution in [0.15, 0.2) is 18.2 Å². The van der Waals surface area contributed by atoms with E-state index in [-0.39, 0.29) is 11.7 Å². The van der Waals surface area contributed by atoms with Crippen LogP contribution < -0.4 is 0 Å². The van der Waals surface area contributed by atoms with E-state index in [0.29, 0.717) is 36.1 Å². The van der Waals surface area contributed by atoms with E-state index in [0.717, 1.165) is 5.56 Å². The minimum absolute atomic E-state index is 0.0626. The third-order valence-electron chi connectivity index (χ3n) is 2.75. The van der Waals surface area contributed by atoms with E-state index in [9.17, 15) is 4.79 Å². The molecule has 4 heteroatoms. The number of hydrogen-bond acceptors (Lipinski definition) is 2. The molecule has 2 rings (SSSR count). The molecule has 0 aromatic heterocycles. The van der Waals surface area contributed by atoms with Crippen LogP contribution in [0.4, 0.5) is 0 Å². The number of Topliss-reactive ketones (excluding diaryl/α,β-unsaturated/α-hetero) is 1. The van der Waals surface area contributed by atoms with Crippen LogP contribution >= 0.6 is 23.2 Å². The molecule has 1 heterocycles. The first-order chi connectivity index (χ1) is 7.66. The van der Waals surface area contributed by atoms with Gasteiger partial charge in [-0.25, -0.2) is 0 Å². The van der Waals surface area contributed by atoms with Gasteiger partial charge in [0.15, 0.2) is 0 Å². The maximum Gasteiger partial charge on any atom is 0.140 e. The zero-order chi connectivity index (χ0) is 11.5. The quantitative estimate of drug-likeness (QED) is 0.815. The number of hydrogen-bond donors (Lipinski definition) is 0. The van der Waals surface area contributed by atoms with Crippen molar-refractivity contribution in [1.82, 2.24) is 0 Å². The Balaban J connectivity index is 2.10. The molecule has 16 heavy (non-hydrogen) atoms. The number of halogens is 2. The molecule has 0 unspecified atom stereocenters. The summed E-state index contributed by atoms with van der Waals surface area (Å²) >= 11 is 11.9. The van der Waals surface area contributed by atoms with E-state index < -0.39 is 0 Å². The molecule has 1 atom stereocenters. The maximum absolute atomic E-state index is 11.6. The Hall–Kier alpha value is -0.570. The lowest BCUT2D eigenvalue weighted by Gasteiger charge is -2.21. The molecule has 1 aliphatic heterocycles. The second-order valence-corrected chi connectivity index (χ2v) is 4.77. The fourth-order valence-corrected chi connectivity index (χ4v) is 2.31. The molecular formula is C12H12Cl2O2. The van der Waals surface area contributed by atoms with Crippen LogP contribution in [-0.4, -0.2) is 19.0 Å². The van der Waals surface area contributed by atoms with Gasteiger partial charge in [0.2, 0.25) is 0 Å². The first kappa shape index (κ1) is 11.9. The minimum Gasteiger partial charge on any atom is -0.380 e. The van der Waals surface area contributed by atoms with Crippen molar-refractivity contribution in [3.8, 4) is 0 Å². The topological polar surface area (TPSA) is 26.3 Å². The molecule has 0 radical (unpaired) electrons. The third-order valence-corrected chi connectivity index (χ3v) is 3.34. The zero-order valence-corrected chi connectivity index (χ0v) is 10.2. The van der Waals surface area contributed by atoms with E-state index in [1.54, 1.807) is 12.1 Å². The average molecular weight is 259 g/mol. The second-order valence-electron chi connectivity index (χ2n) is 3.93. The lowest BCUT2D eigenvalue weighted by Crippen LogP contribution is -2.29. The largest absolute Gasteiger partial charge is 0.380 e. The first-order valence-corrected chi connectivity index (χ1v) is 5.97. The fraction of sp³-hybridized carbons (Fsp3) is 0.417. The number of carbonyl (C=O) groups excluding carboxylic acids is 1. The van der Waals surface area contributed by atoms with Gasteiger partial charge in [-0.15, -0.1) is 0 Å². The maximum atomic E-state index is 11.6. The van der Waals surface area contributed by atoms with Crippen LogP contribution in [0.25, 0.3) is 0 Å². The Morgan fingerprint density at radius 2 is 2.19 bits per heavy atom. The monoisotopic (exact) mass is 258 g/mol. The third kappa shape index (κ3) is 2.76. The first-order valence-electron chi connectivity index (χ1n) is 5.21. The fourth-order valence-electron chi connectivity index (χ4n) is 1.82. The van der Waals surface area contributed by atoms with E-state index in [1.807, 2.05) is 6.07 Å². The number of ketones is 1. The van der Waals surface area contributed by atoms with Gasteiger partial charge >= 0.3 is 0 Å². The summed E-state index contributed by atoms with van der Waals surface area (Å²) in [6.07, 6.45) is 1.14. The highest BCUT2D eigenvalue weighted by atomic mass is 35.5. The lowest BCUT2D eigenvalue weighted by atomic mass is 9.93. The summed E-state index contributed by atoms with van der Waals surface area (Å²) in [7, 11) is 0. The molecule has 86 valence electrons. The summed E-state index contributed by atoms with van der Waals surface area (Å²) in [5, 5.41) is 1.23.